The summed E-state index contributed by atoms with van der Waals surface area (Å²) in [5.41, 5.74) is 0.520. The molecule has 1 N–H and O–H groups in total. The fourth-order valence-electron chi connectivity index (χ4n) is 3.57. The molecule has 0 atom stereocenters. The van der Waals surface area contributed by atoms with E-state index < -0.39 is 15.8 Å². The Morgan fingerprint density at radius 3 is 2.56 bits per heavy atom. The van der Waals surface area contributed by atoms with Crippen LogP contribution in [0.4, 0.5) is 10.1 Å². The highest BCUT2D eigenvalue weighted by Gasteiger charge is 2.33. The summed E-state index contributed by atoms with van der Waals surface area (Å²) >= 11 is 0. The number of methoxy groups -OCH3 is 1. The number of sulfonamides is 1. The molecule has 1 amide bonds. The van der Waals surface area contributed by atoms with E-state index in [0.29, 0.717) is 36.6 Å². The van der Waals surface area contributed by atoms with Crippen LogP contribution in [0.5, 0.6) is 11.5 Å². The second-order valence-corrected chi connectivity index (χ2v) is 9.57. The molecular weight excluding hydrogens is 435 g/mol. The summed E-state index contributed by atoms with van der Waals surface area (Å²) in [4.78, 5) is 12.6. The molecule has 9 heteroatoms. The molecule has 2 aromatic carbocycles. The number of ether oxygens (including phenoxy) is 2. The van der Waals surface area contributed by atoms with Crippen LogP contribution in [0.3, 0.4) is 0 Å². The second kappa shape index (κ2) is 10.8. The molecule has 1 aliphatic heterocycles. The fourth-order valence-corrected chi connectivity index (χ4v) is 5.11. The van der Waals surface area contributed by atoms with Crippen LogP contribution < -0.4 is 14.8 Å². The SMILES string of the molecule is CCCCOc1ccc(OC)cc1NC(=O)C1CCN(S(=O)(=O)c2ccccc2F)CC1. The molecule has 1 saturated heterocycles. The first kappa shape index (κ1) is 24.0. The van der Waals surface area contributed by atoms with E-state index in [2.05, 4.69) is 12.2 Å². The zero-order valence-corrected chi connectivity index (χ0v) is 19.2. The maximum absolute atomic E-state index is 14.0. The molecule has 0 radical (unpaired) electrons. The van der Waals surface area contributed by atoms with Crippen LogP contribution in [-0.2, 0) is 14.8 Å². The van der Waals surface area contributed by atoms with Gasteiger partial charge in [0.1, 0.15) is 22.2 Å². The highest BCUT2D eigenvalue weighted by atomic mass is 32.2. The highest BCUT2D eigenvalue weighted by molar-refractivity contribution is 7.89. The van der Waals surface area contributed by atoms with E-state index in [4.69, 9.17) is 9.47 Å². The summed E-state index contributed by atoms with van der Waals surface area (Å²) in [7, 11) is -2.39. The van der Waals surface area contributed by atoms with Crippen molar-refractivity contribution in [3.8, 4) is 11.5 Å². The van der Waals surface area contributed by atoms with E-state index in [0.717, 1.165) is 18.9 Å². The Kier molecular flexibility index (Phi) is 8.09. The van der Waals surface area contributed by atoms with Gasteiger partial charge in [0.05, 0.1) is 19.4 Å². The van der Waals surface area contributed by atoms with Crippen molar-refractivity contribution in [2.45, 2.75) is 37.5 Å². The van der Waals surface area contributed by atoms with Crippen molar-refractivity contribution in [2.24, 2.45) is 5.92 Å². The van der Waals surface area contributed by atoms with Gasteiger partial charge in [-0.05, 0) is 43.5 Å². The number of halogens is 1. The van der Waals surface area contributed by atoms with Gasteiger partial charge in [-0.25, -0.2) is 12.8 Å². The third-order valence-electron chi connectivity index (χ3n) is 5.48. The number of hydrogen-bond donors (Lipinski definition) is 1. The largest absolute Gasteiger partial charge is 0.497 e. The van der Waals surface area contributed by atoms with Crippen LogP contribution in [-0.4, -0.2) is 45.4 Å². The molecule has 0 aliphatic carbocycles. The quantitative estimate of drug-likeness (QED) is 0.566. The van der Waals surface area contributed by atoms with Gasteiger partial charge in [-0.3, -0.25) is 4.79 Å². The van der Waals surface area contributed by atoms with Crippen LogP contribution in [0.2, 0.25) is 0 Å². The lowest BCUT2D eigenvalue weighted by atomic mass is 9.97. The van der Waals surface area contributed by atoms with Crippen molar-refractivity contribution < 1.29 is 27.1 Å². The third-order valence-corrected chi connectivity index (χ3v) is 7.41. The molecule has 0 aromatic heterocycles. The number of carbonyl (C=O) groups is 1. The van der Waals surface area contributed by atoms with Gasteiger partial charge in [0.2, 0.25) is 15.9 Å². The second-order valence-electron chi connectivity index (χ2n) is 7.66. The predicted octanol–water partition coefficient (Wildman–Crippen LogP) is 4.05. The molecule has 7 nitrogen and oxygen atoms in total. The minimum absolute atomic E-state index is 0.146. The summed E-state index contributed by atoms with van der Waals surface area (Å²) in [5, 5.41) is 2.90. The zero-order chi connectivity index (χ0) is 23.1. The Labute approximate surface area is 188 Å². The highest BCUT2D eigenvalue weighted by Crippen LogP contribution is 2.31. The summed E-state index contributed by atoms with van der Waals surface area (Å²) in [5.74, 6) is -0.194. The first-order valence-electron chi connectivity index (χ1n) is 10.7. The van der Waals surface area contributed by atoms with Gasteiger partial charge < -0.3 is 14.8 Å². The summed E-state index contributed by atoms with van der Waals surface area (Å²) in [6.45, 7) is 2.90. The molecule has 0 bridgehead atoms. The van der Waals surface area contributed by atoms with E-state index in [-0.39, 0.29) is 29.8 Å². The summed E-state index contributed by atoms with van der Waals surface area (Å²) in [6, 6.07) is 10.6. The number of piperidine rings is 1. The van der Waals surface area contributed by atoms with E-state index in [1.807, 2.05) is 0 Å². The predicted molar refractivity (Wildman–Crippen MR) is 120 cm³/mol. The Morgan fingerprint density at radius 2 is 1.91 bits per heavy atom. The van der Waals surface area contributed by atoms with Crippen molar-refractivity contribution in [2.75, 3.05) is 32.1 Å². The maximum Gasteiger partial charge on any atom is 0.245 e. The van der Waals surface area contributed by atoms with E-state index in [1.54, 1.807) is 25.3 Å². The van der Waals surface area contributed by atoms with Gasteiger partial charge in [0, 0.05) is 25.1 Å². The normalized spacial score (nSPS) is 15.3. The van der Waals surface area contributed by atoms with E-state index in [1.165, 1.54) is 22.5 Å². The minimum atomic E-state index is -3.94. The molecule has 0 saturated carbocycles. The average molecular weight is 465 g/mol. The molecule has 1 heterocycles. The number of benzene rings is 2. The number of nitrogens with one attached hydrogen (secondary N) is 1. The lowest BCUT2D eigenvalue weighted by Gasteiger charge is -2.30. The number of unbranched alkanes of at least 4 members (excludes halogenated alkanes) is 1. The topological polar surface area (TPSA) is 84.9 Å². The van der Waals surface area contributed by atoms with Crippen molar-refractivity contribution in [1.82, 2.24) is 4.31 Å². The van der Waals surface area contributed by atoms with Gasteiger partial charge in [0.25, 0.3) is 0 Å². The molecule has 3 rings (SSSR count). The number of amides is 1. The first-order valence-corrected chi connectivity index (χ1v) is 12.2. The lowest BCUT2D eigenvalue weighted by molar-refractivity contribution is -0.120. The molecule has 0 spiro atoms. The number of anilines is 1. The summed E-state index contributed by atoms with van der Waals surface area (Å²) in [6.07, 6.45) is 2.57. The molecule has 174 valence electrons. The van der Waals surface area contributed by atoms with Crippen LogP contribution in [0.1, 0.15) is 32.6 Å². The first-order chi connectivity index (χ1) is 15.4. The van der Waals surface area contributed by atoms with Crippen molar-refractivity contribution in [3.63, 3.8) is 0 Å². The third kappa shape index (κ3) is 5.58. The Hall–Kier alpha value is -2.65. The van der Waals surface area contributed by atoms with Crippen molar-refractivity contribution >= 4 is 21.6 Å². The maximum atomic E-state index is 14.0. The molecule has 2 aromatic rings. The standard InChI is InChI=1S/C23H29FN2O5S/c1-3-4-15-31-21-10-9-18(30-2)16-20(21)25-23(27)17-11-13-26(14-12-17)32(28,29)22-8-6-5-7-19(22)24/h5-10,16-17H,3-4,11-15H2,1-2H3,(H,25,27). The molecule has 1 aliphatic rings. The van der Waals surface area contributed by atoms with Gasteiger partial charge >= 0.3 is 0 Å². The molecule has 32 heavy (non-hydrogen) atoms. The minimum Gasteiger partial charge on any atom is -0.497 e. The van der Waals surface area contributed by atoms with Crippen molar-refractivity contribution in [1.29, 1.82) is 0 Å². The monoisotopic (exact) mass is 464 g/mol. The van der Waals surface area contributed by atoms with E-state index >= 15 is 0 Å². The summed E-state index contributed by atoms with van der Waals surface area (Å²) < 4.78 is 51.8. The molecular formula is C23H29FN2O5S. The van der Waals surface area contributed by atoms with Gasteiger partial charge in [-0.2, -0.15) is 4.31 Å². The molecule has 0 unspecified atom stereocenters. The zero-order valence-electron chi connectivity index (χ0n) is 18.3. The van der Waals surface area contributed by atoms with Crippen LogP contribution >= 0.6 is 0 Å². The van der Waals surface area contributed by atoms with Crippen LogP contribution in [0.15, 0.2) is 47.4 Å². The Bertz CT molecular complexity index is 1040. The number of hydrogen-bond acceptors (Lipinski definition) is 5. The average Bonchev–Trinajstić information content (AvgIpc) is 2.80. The fraction of sp³-hybridized carbons (Fsp3) is 0.435. The van der Waals surface area contributed by atoms with Gasteiger partial charge in [0.15, 0.2) is 0 Å². The molecule has 1 fully saturated rings. The Balaban J connectivity index is 1.65. The Morgan fingerprint density at radius 1 is 1.19 bits per heavy atom. The van der Waals surface area contributed by atoms with Gasteiger partial charge in [-0.1, -0.05) is 25.5 Å². The van der Waals surface area contributed by atoms with Crippen LogP contribution in [0, 0.1) is 11.7 Å². The smallest absolute Gasteiger partial charge is 0.245 e. The number of rotatable bonds is 9. The van der Waals surface area contributed by atoms with Gasteiger partial charge in [-0.15, -0.1) is 0 Å². The lowest BCUT2D eigenvalue weighted by Crippen LogP contribution is -2.41. The van der Waals surface area contributed by atoms with Crippen LogP contribution in [0.25, 0.3) is 0 Å². The van der Waals surface area contributed by atoms with E-state index in [9.17, 15) is 17.6 Å². The number of nitrogens with zero attached hydrogens (tertiary/aromatic N) is 1. The number of carbonyl (C=O) groups excluding carboxylic acids is 1. The van der Waals surface area contributed by atoms with Crippen molar-refractivity contribution in [3.05, 3.63) is 48.3 Å².